The number of carbonyl (C=O) groups excluding carboxylic acids is 5. The van der Waals surface area contributed by atoms with Crippen LogP contribution in [0.1, 0.15) is 43.8 Å². The van der Waals surface area contributed by atoms with Crippen molar-refractivity contribution in [2.75, 3.05) is 23.4 Å². The van der Waals surface area contributed by atoms with Crippen molar-refractivity contribution in [2.24, 2.45) is 5.92 Å². The first kappa shape index (κ1) is 37.1. The molecule has 0 aliphatic carbocycles. The largest absolute Gasteiger partial charge is 0.466 e. The molecule has 54 heavy (non-hydrogen) atoms. The van der Waals surface area contributed by atoms with E-state index >= 15 is 0 Å². The number of hydrogen-bond donors (Lipinski definition) is 1. The molecule has 1 aliphatic heterocycles. The summed E-state index contributed by atoms with van der Waals surface area (Å²) in [6.45, 7) is 3.89. The molecule has 0 saturated carbocycles. The van der Waals surface area contributed by atoms with E-state index in [4.69, 9.17) is 23.7 Å². The Labute approximate surface area is 309 Å². The van der Waals surface area contributed by atoms with E-state index in [0.29, 0.717) is 16.9 Å². The SMILES string of the molecule is CCOC(=O)C[C@H]1[C@@H](OC(C)=O)[C@H](n2cnc3c(OC(=O)N(c4ccccc4)c4ccccc4)nc(NC(C)=O)nc32)O[C@@H]1COC(=O)c1ccccc1. The lowest BCUT2D eigenvalue weighted by Crippen LogP contribution is -2.35. The molecule has 16 heteroatoms. The Morgan fingerprint density at radius 2 is 1.48 bits per heavy atom. The molecule has 0 radical (unpaired) electrons. The van der Waals surface area contributed by atoms with Crippen LogP contribution in [0.25, 0.3) is 11.2 Å². The van der Waals surface area contributed by atoms with Crippen molar-refractivity contribution in [3.05, 3.63) is 103 Å². The zero-order valence-corrected chi connectivity index (χ0v) is 29.5. The number of hydrogen-bond acceptors (Lipinski definition) is 13. The predicted molar refractivity (Wildman–Crippen MR) is 192 cm³/mol. The first-order chi connectivity index (χ1) is 26.1. The van der Waals surface area contributed by atoms with Crippen LogP contribution in [0, 0.1) is 5.92 Å². The number of anilines is 3. The number of carbonyl (C=O) groups is 5. The molecule has 4 atom stereocenters. The predicted octanol–water partition coefficient (Wildman–Crippen LogP) is 5.38. The molecule has 2 aromatic heterocycles. The van der Waals surface area contributed by atoms with Gasteiger partial charge in [-0.3, -0.25) is 24.3 Å². The van der Waals surface area contributed by atoms with Crippen LogP contribution in [0.2, 0.25) is 0 Å². The molecule has 0 spiro atoms. The van der Waals surface area contributed by atoms with E-state index in [-0.39, 0.29) is 42.6 Å². The summed E-state index contributed by atoms with van der Waals surface area (Å²) in [5, 5.41) is 2.51. The number of esters is 3. The number of benzene rings is 3. The van der Waals surface area contributed by atoms with Gasteiger partial charge < -0.3 is 23.7 Å². The molecule has 1 fully saturated rings. The number of amides is 2. The third-order valence-electron chi connectivity index (χ3n) is 8.24. The first-order valence-corrected chi connectivity index (χ1v) is 17.0. The van der Waals surface area contributed by atoms with Gasteiger partial charge in [-0.2, -0.15) is 9.97 Å². The summed E-state index contributed by atoms with van der Waals surface area (Å²) >= 11 is 0. The summed E-state index contributed by atoms with van der Waals surface area (Å²) in [4.78, 5) is 78.9. The van der Waals surface area contributed by atoms with Crippen molar-refractivity contribution in [3.8, 4) is 5.88 Å². The van der Waals surface area contributed by atoms with Crippen LogP contribution in [0.5, 0.6) is 5.88 Å². The molecule has 278 valence electrons. The molecule has 16 nitrogen and oxygen atoms in total. The summed E-state index contributed by atoms with van der Waals surface area (Å²) in [7, 11) is 0. The second-order valence-electron chi connectivity index (χ2n) is 12.0. The van der Waals surface area contributed by atoms with Gasteiger partial charge in [0.2, 0.25) is 11.9 Å². The molecule has 1 N–H and O–H groups in total. The van der Waals surface area contributed by atoms with Crippen molar-refractivity contribution in [1.82, 2.24) is 19.5 Å². The summed E-state index contributed by atoms with van der Waals surface area (Å²) in [5.41, 5.74) is 1.31. The van der Waals surface area contributed by atoms with E-state index in [1.54, 1.807) is 85.8 Å². The maximum Gasteiger partial charge on any atom is 0.425 e. The van der Waals surface area contributed by atoms with Crippen LogP contribution in [-0.4, -0.2) is 74.8 Å². The average Bonchev–Trinajstić information content (AvgIpc) is 3.72. The number of ether oxygens (including phenoxy) is 5. The number of fused-ring (bicyclic) bond motifs is 1. The van der Waals surface area contributed by atoms with Crippen LogP contribution in [0.15, 0.2) is 97.3 Å². The maximum atomic E-state index is 14.0. The highest BCUT2D eigenvalue weighted by atomic mass is 16.6. The van der Waals surface area contributed by atoms with Crippen LogP contribution < -0.4 is 15.0 Å². The number of nitrogens with zero attached hydrogens (tertiary/aromatic N) is 5. The number of aromatic nitrogens is 4. The fourth-order valence-corrected chi connectivity index (χ4v) is 5.98. The van der Waals surface area contributed by atoms with Crippen LogP contribution in [0.3, 0.4) is 0 Å². The van der Waals surface area contributed by atoms with Gasteiger partial charge in [0.25, 0.3) is 5.88 Å². The minimum absolute atomic E-state index is 0.00963. The van der Waals surface area contributed by atoms with Crippen molar-refractivity contribution in [1.29, 1.82) is 0 Å². The van der Waals surface area contributed by atoms with Crippen LogP contribution >= 0.6 is 0 Å². The van der Waals surface area contributed by atoms with Gasteiger partial charge >= 0.3 is 24.0 Å². The Morgan fingerprint density at radius 3 is 2.07 bits per heavy atom. The third-order valence-corrected chi connectivity index (χ3v) is 8.24. The first-order valence-electron chi connectivity index (χ1n) is 17.0. The van der Waals surface area contributed by atoms with E-state index in [1.165, 1.54) is 29.6 Å². The van der Waals surface area contributed by atoms with E-state index < -0.39 is 54.3 Å². The fraction of sp³-hybridized carbons (Fsp3) is 0.263. The lowest BCUT2D eigenvalue weighted by molar-refractivity contribution is -0.156. The van der Waals surface area contributed by atoms with Crippen molar-refractivity contribution >= 4 is 58.4 Å². The zero-order chi connectivity index (χ0) is 38.2. The molecule has 3 aromatic carbocycles. The Hall–Kier alpha value is -6.68. The van der Waals surface area contributed by atoms with Gasteiger partial charge in [-0.15, -0.1) is 0 Å². The minimum atomic E-state index is -1.20. The molecule has 1 saturated heterocycles. The van der Waals surface area contributed by atoms with Gasteiger partial charge in [-0.25, -0.2) is 19.5 Å². The molecular weight excluding hydrogens is 700 g/mol. The summed E-state index contributed by atoms with van der Waals surface area (Å²) in [5.74, 6) is -3.82. The second kappa shape index (κ2) is 16.8. The highest BCUT2D eigenvalue weighted by Gasteiger charge is 2.50. The summed E-state index contributed by atoms with van der Waals surface area (Å²) < 4.78 is 30.2. The van der Waals surface area contributed by atoms with Crippen molar-refractivity contribution in [3.63, 3.8) is 0 Å². The third kappa shape index (κ3) is 8.50. The average molecular weight is 737 g/mol. The standard InChI is InChI=1S/C38H36N6O10/c1-4-50-30(47)20-28-29(21-51-36(48)25-14-8-5-9-15-25)53-35(32(28)52-24(3)46)43-22-39-31-33(43)41-37(40-23(2)45)42-34(31)54-38(49)44(26-16-10-6-11-17-26)27-18-12-7-13-19-27/h5-19,22,28-29,32,35H,4,20-21H2,1-3H3,(H,40,41,42,45)/t28-,29-,32-,35-/m1/s1. The van der Waals surface area contributed by atoms with Crippen molar-refractivity contribution in [2.45, 2.75) is 45.6 Å². The van der Waals surface area contributed by atoms with Gasteiger partial charge in [-0.1, -0.05) is 54.6 Å². The molecule has 6 rings (SSSR count). The molecule has 3 heterocycles. The normalized spacial score (nSPS) is 17.7. The van der Waals surface area contributed by atoms with E-state index in [0.717, 1.165) is 0 Å². The number of rotatable bonds is 12. The molecule has 1 aliphatic rings. The number of imidazole rings is 1. The quantitative estimate of drug-likeness (QED) is 0.127. The monoisotopic (exact) mass is 736 g/mol. The Kier molecular flexibility index (Phi) is 11.5. The van der Waals surface area contributed by atoms with Gasteiger partial charge in [-0.05, 0) is 43.3 Å². The highest BCUT2D eigenvalue weighted by Crippen LogP contribution is 2.41. The van der Waals surface area contributed by atoms with E-state index in [2.05, 4.69) is 20.3 Å². The van der Waals surface area contributed by atoms with Gasteiger partial charge in [0.1, 0.15) is 12.7 Å². The highest BCUT2D eigenvalue weighted by molar-refractivity contribution is 5.98. The fourth-order valence-electron chi connectivity index (χ4n) is 5.98. The lowest BCUT2D eigenvalue weighted by Gasteiger charge is -2.24. The van der Waals surface area contributed by atoms with E-state index in [1.807, 2.05) is 12.1 Å². The summed E-state index contributed by atoms with van der Waals surface area (Å²) in [6, 6.07) is 25.9. The van der Waals surface area contributed by atoms with Gasteiger partial charge in [0.15, 0.2) is 23.5 Å². The molecule has 0 unspecified atom stereocenters. The topological polar surface area (TPSA) is 190 Å². The Balaban J connectivity index is 1.39. The number of para-hydroxylation sites is 2. The van der Waals surface area contributed by atoms with E-state index in [9.17, 15) is 24.0 Å². The smallest absolute Gasteiger partial charge is 0.425 e. The second-order valence-corrected chi connectivity index (χ2v) is 12.0. The Bertz CT molecular complexity index is 2090. The molecule has 0 bridgehead atoms. The molecule has 2 amide bonds. The van der Waals surface area contributed by atoms with Crippen molar-refractivity contribution < 1.29 is 47.7 Å². The minimum Gasteiger partial charge on any atom is -0.466 e. The molecule has 5 aromatic rings. The summed E-state index contributed by atoms with van der Waals surface area (Å²) in [6.07, 6.45) is -3.13. The van der Waals surface area contributed by atoms with Gasteiger partial charge in [0, 0.05) is 19.8 Å². The zero-order valence-electron chi connectivity index (χ0n) is 29.5. The Morgan fingerprint density at radius 1 is 0.852 bits per heavy atom. The van der Waals surface area contributed by atoms with Crippen LogP contribution in [-0.2, 0) is 33.3 Å². The number of nitrogens with one attached hydrogen (secondary N) is 1. The molecular formula is C38H36N6O10. The van der Waals surface area contributed by atoms with Crippen LogP contribution in [0.4, 0.5) is 22.1 Å². The maximum absolute atomic E-state index is 14.0. The van der Waals surface area contributed by atoms with Gasteiger partial charge in [0.05, 0.1) is 36.3 Å². The lowest BCUT2D eigenvalue weighted by atomic mass is 9.94.